The van der Waals surface area contributed by atoms with Gasteiger partial charge in [-0.2, -0.15) is 13.2 Å². The van der Waals surface area contributed by atoms with Gasteiger partial charge in [0, 0.05) is 31.8 Å². The Labute approximate surface area is 124 Å². The van der Waals surface area contributed by atoms with E-state index >= 15 is 0 Å². The third-order valence-corrected chi connectivity index (χ3v) is 3.89. The van der Waals surface area contributed by atoms with Crippen LogP contribution >= 0.6 is 0 Å². The van der Waals surface area contributed by atoms with Crippen molar-refractivity contribution < 1.29 is 22.8 Å². The van der Waals surface area contributed by atoms with Crippen LogP contribution in [0.1, 0.15) is 41.0 Å². The van der Waals surface area contributed by atoms with Gasteiger partial charge in [0.1, 0.15) is 5.78 Å². The first-order valence-corrected chi connectivity index (χ1v) is 7.00. The summed E-state index contributed by atoms with van der Waals surface area (Å²) in [5.41, 5.74) is -0.718. The molecule has 0 aromatic rings. The van der Waals surface area contributed by atoms with Crippen molar-refractivity contribution in [2.24, 2.45) is 23.2 Å². The second-order valence-electron chi connectivity index (χ2n) is 6.89. The molecule has 0 aliphatic heterocycles. The predicted molar refractivity (Wildman–Crippen MR) is 75.6 cm³/mol. The lowest BCUT2D eigenvalue weighted by Gasteiger charge is -2.32. The minimum absolute atomic E-state index is 0.245. The number of nitrogens with zero attached hydrogens (tertiary/aromatic N) is 1. The fraction of sp³-hybridized carbons (Fsp3) is 0.867. The summed E-state index contributed by atoms with van der Waals surface area (Å²) < 4.78 is 39.1. The first kappa shape index (κ1) is 19.9. The van der Waals surface area contributed by atoms with Crippen LogP contribution in [0.15, 0.2) is 0 Å². The van der Waals surface area contributed by atoms with Crippen LogP contribution in [-0.2, 0) is 9.59 Å². The zero-order valence-electron chi connectivity index (χ0n) is 13.8. The number of hydrogen-bond donors (Lipinski definition) is 0. The molecule has 124 valence electrons. The van der Waals surface area contributed by atoms with E-state index in [0.717, 1.165) is 6.92 Å². The molecule has 0 bridgehead atoms. The van der Waals surface area contributed by atoms with Crippen molar-refractivity contribution in [3.8, 4) is 0 Å². The minimum atomic E-state index is -4.43. The number of Topliss-reactive ketones (excluding diaryl/α,β-unsaturated/α-hetero) is 1. The topological polar surface area (TPSA) is 37.4 Å². The van der Waals surface area contributed by atoms with Crippen LogP contribution in [-0.4, -0.2) is 36.9 Å². The van der Waals surface area contributed by atoms with E-state index in [1.54, 1.807) is 20.8 Å². The summed E-state index contributed by atoms with van der Waals surface area (Å²) in [6.45, 7) is 7.51. The molecule has 21 heavy (non-hydrogen) atoms. The fourth-order valence-electron chi connectivity index (χ4n) is 2.14. The molecule has 0 radical (unpaired) electrons. The van der Waals surface area contributed by atoms with Crippen molar-refractivity contribution >= 4 is 11.7 Å². The second kappa shape index (κ2) is 6.79. The number of ketones is 1. The molecule has 0 aliphatic rings. The van der Waals surface area contributed by atoms with Crippen molar-refractivity contribution in [2.75, 3.05) is 14.1 Å². The average molecular weight is 309 g/mol. The molecule has 0 aromatic heterocycles. The van der Waals surface area contributed by atoms with Gasteiger partial charge in [0.15, 0.2) is 0 Å². The number of halogens is 3. The quantitative estimate of drug-likeness (QED) is 0.779. The summed E-state index contributed by atoms with van der Waals surface area (Å²) in [5, 5.41) is 0. The van der Waals surface area contributed by atoms with Crippen LogP contribution in [0.5, 0.6) is 0 Å². The molecule has 0 spiro atoms. The largest absolute Gasteiger partial charge is 0.391 e. The molecule has 0 N–H and O–H groups in total. The summed E-state index contributed by atoms with van der Waals surface area (Å²) in [4.78, 5) is 25.4. The first-order chi connectivity index (χ1) is 9.19. The zero-order valence-corrected chi connectivity index (χ0v) is 13.8. The van der Waals surface area contributed by atoms with Crippen molar-refractivity contribution in [3.63, 3.8) is 0 Å². The predicted octanol–water partition coefficient (Wildman–Crippen LogP) is 3.53. The SMILES string of the molecule is C[C@H](C(=O)N(C)C)[C@@H](CC(=O)C(C)(C)C)[C@H](C)C(F)(F)F. The van der Waals surface area contributed by atoms with Gasteiger partial charge in [0.25, 0.3) is 0 Å². The summed E-state index contributed by atoms with van der Waals surface area (Å²) >= 11 is 0. The molecule has 0 heterocycles. The van der Waals surface area contributed by atoms with Gasteiger partial charge in [-0.3, -0.25) is 9.59 Å². The molecule has 6 heteroatoms. The Balaban J connectivity index is 5.39. The highest BCUT2D eigenvalue weighted by atomic mass is 19.4. The van der Waals surface area contributed by atoms with Gasteiger partial charge in [-0.05, 0) is 5.92 Å². The van der Waals surface area contributed by atoms with Gasteiger partial charge < -0.3 is 4.90 Å². The lowest BCUT2D eigenvalue weighted by Crippen LogP contribution is -2.41. The fourth-order valence-corrected chi connectivity index (χ4v) is 2.14. The molecule has 3 nitrogen and oxygen atoms in total. The van der Waals surface area contributed by atoms with E-state index in [-0.39, 0.29) is 12.2 Å². The van der Waals surface area contributed by atoms with E-state index in [1.165, 1.54) is 25.9 Å². The highest BCUT2D eigenvalue weighted by Gasteiger charge is 2.46. The summed E-state index contributed by atoms with van der Waals surface area (Å²) in [6, 6.07) is 0. The van der Waals surface area contributed by atoms with E-state index in [1.807, 2.05) is 0 Å². The Morgan fingerprint density at radius 1 is 1.05 bits per heavy atom. The van der Waals surface area contributed by atoms with E-state index < -0.39 is 35.3 Å². The van der Waals surface area contributed by atoms with Gasteiger partial charge >= 0.3 is 6.18 Å². The highest BCUT2D eigenvalue weighted by Crippen LogP contribution is 2.39. The van der Waals surface area contributed by atoms with E-state index in [2.05, 4.69) is 0 Å². The third kappa shape index (κ3) is 5.67. The van der Waals surface area contributed by atoms with Gasteiger partial charge in [-0.1, -0.05) is 34.6 Å². The maximum atomic E-state index is 13.0. The van der Waals surface area contributed by atoms with Gasteiger partial charge in [-0.15, -0.1) is 0 Å². The number of rotatable bonds is 5. The Bertz CT molecular complexity index is 383. The Morgan fingerprint density at radius 3 is 1.76 bits per heavy atom. The van der Waals surface area contributed by atoms with Gasteiger partial charge in [-0.25, -0.2) is 0 Å². The van der Waals surface area contributed by atoms with E-state index in [0.29, 0.717) is 0 Å². The maximum Gasteiger partial charge on any atom is 0.391 e. The molecule has 0 aromatic carbocycles. The molecule has 0 rings (SSSR count). The summed E-state index contributed by atoms with van der Waals surface area (Å²) in [6.07, 6.45) is -4.67. The van der Waals surface area contributed by atoms with Crippen molar-refractivity contribution in [2.45, 2.75) is 47.2 Å². The van der Waals surface area contributed by atoms with Gasteiger partial charge in [0.05, 0.1) is 5.92 Å². The summed E-state index contributed by atoms with van der Waals surface area (Å²) in [5.74, 6) is -4.27. The molecule has 0 saturated heterocycles. The Kier molecular flexibility index (Phi) is 6.45. The highest BCUT2D eigenvalue weighted by molar-refractivity contribution is 5.85. The molecule has 0 fully saturated rings. The maximum absolute atomic E-state index is 13.0. The molecule has 0 aliphatic carbocycles. The molecule has 0 unspecified atom stereocenters. The van der Waals surface area contributed by atoms with E-state index in [4.69, 9.17) is 0 Å². The Hall–Kier alpha value is -1.07. The van der Waals surface area contributed by atoms with Crippen LogP contribution in [0.3, 0.4) is 0 Å². The number of alkyl halides is 3. The lowest BCUT2D eigenvalue weighted by atomic mass is 9.75. The van der Waals surface area contributed by atoms with Crippen LogP contribution in [0, 0.1) is 23.2 Å². The van der Waals surface area contributed by atoms with Gasteiger partial charge in [0.2, 0.25) is 5.91 Å². The normalized spacial score (nSPS) is 17.0. The van der Waals surface area contributed by atoms with Crippen LogP contribution in [0.4, 0.5) is 13.2 Å². The second-order valence-corrected chi connectivity index (χ2v) is 6.89. The summed E-state index contributed by atoms with van der Waals surface area (Å²) in [7, 11) is 3.00. The number of carbonyl (C=O) groups excluding carboxylic acids is 2. The van der Waals surface area contributed by atoms with Crippen molar-refractivity contribution in [1.29, 1.82) is 0 Å². The number of amides is 1. The Morgan fingerprint density at radius 2 is 1.48 bits per heavy atom. The van der Waals surface area contributed by atoms with Crippen molar-refractivity contribution in [3.05, 3.63) is 0 Å². The molecule has 1 amide bonds. The van der Waals surface area contributed by atoms with E-state index in [9.17, 15) is 22.8 Å². The smallest absolute Gasteiger partial charge is 0.349 e. The number of hydrogen-bond acceptors (Lipinski definition) is 2. The first-order valence-electron chi connectivity index (χ1n) is 7.00. The molecule has 0 saturated carbocycles. The average Bonchev–Trinajstić information content (AvgIpc) is 2.30. The molecular weight excluding hydrogens is 283 g/mol. The van der Waals surface area contributed by atoms with Crippen LogP contribution in [0.2, 0.25) is 0 Å². The third-order valence-electron chi connectivity index (χ3n) is 3.89. The number of carbonyl (C=O) groups is 2. The zero-order chi connectivity index (χ0) is 17.2. The van der Waals surface area contributed by atoms with Crippen LogP contribution in [0.25, 0.3) is 0 Å². The standard InChI is InChI=1S/C15H26F3NO2/c1-9(13(21)19(6)7)11(10(2)15(16,17)18)8-12(20)14(3,4)5/h9-11H,8H2,1-7H3/t9-,10-,11+/m0/s1. The monoisotopic (exact) mass is 309 g/mol. The van der Waals surface area contributed by atoms with Crippen molar-refractivity contribution in [1.82, 2.24) is 4.90 Å². The van der Waals surface area contributed by atoms with Crippen LogP contribution < -0.4 is 0 Å². The minimum Gasteiger partial charge on any atom is -0.349 e. The molecular formula is C15H26F3NO2. The lowest BCUT2D eigenvalue weighted by molar-refractivity contribution is -0.190. The molecule has 3 atom stereocenters.